The first-order valence-corrected chi connectivity index (χ1v) is 31.0. The van der Waals surface area contributed by atoms with E-state index in [-0.39, 0.29) is 10.8 Å². The Kier molecular flexibility index (Phi) is 11.5. The van der Waals surface area contributed by atoms with E-state index < -0.39 is 16.2 Å². The molecule has 0 radical (unpaired) electrons. The Labute approximate surface area is 511 Å². The van der Waals surface area contributed by atoms with Crippen LogP contribution in [0.2, 0.25) is 0 Å². The summed E-state index contributed by atoms with van der Waals surface area (Å²) in [6.07, 6.45) is 2.55. The summed E-state index contributed by atoms with van der Waals surface area (Å²) in [6, 6.07) is 96.1. The van der Waals surface area contributed by atoms with Crippen molar-refractivity contribution in [3.05, 3.63) is 354 Å². The number of hydrogen-bond donors (Lipinski definition) is 0. The maximum Gasteiger partial charge on any atom is 0.101 e. The molecule has 1 aliphatic heterocycles. The maximum atomic E-state index is 12.5. The molecule has 0 unspecified atom stereocenters. The van der Waals surface area contributed by atoms with Crippen LogP contribution >= 0.6 is 0 Å². The fourth-order valence-corrected chi connectivity index (χ4v) is 17.5. The van der Waals surface area contributed by atoms with Gasteiger partial charge in [0.15, 0.2) is 0 Å². The van der Waals surface area contributed by atoms with Crippen molar-refractivity contribution in [3.63, 3.8) is 0 Å². The summed E-state index contributed by atoms with van der Waals surface area (Å²) in [7, 11) is 0. The topological polar surface area (TPSA) is 54.1 Å². The minimum atomic E-state index is -1.05. The molecule has 0 saturated heterocycles. The van der Waals surface area contributed by atoms with Crippen molar-refractivity contribution in [1.82, 2.24) is 0 Å². The lowest BCUT2D eigenvalue weighted by Gasteiger charge is -2.51. The third kappa shape index (κ3) is 6.99. The molecule has 2 spiro atoms. The van der Waals surface area contributed by atoms with Crippen LogP contribution in [0, 0.1) is 22.7 Å². The van der Waals surface area contributed by atoms with Crippen LogP contribution in [0.25, 0.3) is 0 Å². The Morgan fingerprint density at radius 2 is 0.690 bits per heavy atom. The van der Waals surface area contributed by atoms with E-state index >= 15 is 0 Å². The summed E-state index contributed by atoms with van der Waals surface area (Å²) in [6.45, 7) is 14.2. The van der Waals surface area contributed by atoms with Crippen LogP contribution in [0.5, 0.6) is 0 Å². The summed E-state index contributed by atoms with van der Waals surface area (Å²) >= 11 is 0. The van der Waals surface area contributed by atoms with Crippen LogP contribution in [0.4, 0.5) is 34.1 Å². The van der Waals surface area contributed by atoms with Gasteiger partial charge in [-0.25, -0.2) is 0 Å². The minimum Gasteiger partial charge on any atom is -0.310 e. The third-order valence-corrected chi connectivity index (χ3v) is 21.2. The summed E-state index contributed by atoms with van der Waals surface area (Å²) in [4.78, 5) is 4.86. The van der Waals surface area contributed by atoms with E-state index in [1.54, 1.807) is 0 Å². The predicted octanol–water partition coefficient (Wildman–Crippen LogP) is 19.3. The van der Waals surface area contributed by atoms with E-state index in [9.17, 15) is 10.5 Å². The molecule has 4 nitrogen and oxygen atoms in total. The van der Waals surface area contributed by atoms with E-state index in [0.717, 1.165) is 61.7 Å². The van der Waals surface area contributed by atoms with Crippen molar-refractivity contribution in [3.8, 4) is 12.1 Å². The van der Waals surface area contributed by atoms with Crippen molar-refractivity contribution in [2.24, 2.45) is 0 Å². The molecule has 4 heteroatoms. The second-order valence-electron chi connectivity index (χ2n) is 26.3. The lowest BCUT2D eigenvalue weighted by molar-refractivity contribution is 0.548. The van der Waals surface area contributed by atoms with Gasteiger partial charge in [-0.1, -0.05) is 224 Å². The van der Waals surface area contributed by atoms with Gasteiger partial charge in [-0.3, -0.25) is 0 Å². The smallest absolute Gasteiger partial charge is 0.101 e. The highest BCUT2D eigenvalue weighted by atomic mass is 15.2. The van der Waals surface area contributed by atoms with Gasteiger partial charge in [0.25, 0.3) is 0 Å². The molecule has 0 fully saturated rings. The number of aryl methyl sites for hydroxylation is 2. The van der Waals surface area contributed by atoms with Crippen LogP contribution in [-0.2, 0) is 52.8 Å². The highest BCUT2D eigenvalue weighted by molar-refractivity contribution is 5.88. The van der Waals surface area contributed by atoms with Crippen LogP contribution in [-0.4, -0.2) is 0 Å². The normalized spacial score (nSPS) is 16.6. The molecule has 87 heavy (non-hydrogen) atoms. The minimum absolute atomic E-state index is 0.218. The van der Waals surface area contributed by atoms with Crippen LogP contribution < -0.4 is 9.80 Å². The standard InChI is InChI=1S/C83H66N4/c1-79(2)65-29-13-17-33-69(65)82(70-34-18-14-30-66(70)79)63-48-44-58(87-75-39-23-21-37-73(75)81(5,6)74-38-22-24-40-76(74)87)50-53(63)41-45-59-61(51-84)62(52-85)78-60(77(59)82)46-42-54-49-57(86(55-25-9-7-10-26-55)56-27-11-8-12-28-56)43-47-64(54)83(78)71-35-19-15-31-67(71)80(3,4)68-32-16-20-36-72(68)83/h7-40,43-44,47-50H,41-42,45-46H2,1-6H3. The van der Waals surface area contributed by atoms with Crippen LogP contribution in [0.3, 0.4) is 0 Å². The Morgan fingerprint density at radius 1 is 0.322 bits per heavy atom. The molecule has 11 aromatic carbocycles. The Morgan fingerprint density at radius 3 is 1.15 bits per heavy atom. The van der Waals surface area contributed by atoms with Crippen LogP contribution in [0.15, 0.2) is 243 Å². The molecule has 0 bridgehead atoms. The van der Waals surface area contributed by atoms with Gasteiger partial charge in [0, 0.05) is 39.0 Å². The lowest BCUT2D eigenvalue weighted by Crippen LogP contribution is -2.45. The van der Waals surface area contributed by atoms with Crippen molar-refractivity contribution in [2.75, 3.05) is 9.80 Å². The molecule has 16 rings (SSSR count). The average Bonchev–Trinajstić information content (AvgIpc) is 1.66. The first kappa shape index (κ1) is 52.5. The molecule has 0 N–H and O–H groups in total. The Bertz CT molecular complexity index is 4590. The summed E-state index contributed by atoms with van der Waals surface area (Å²) in [5.74, 6) is 0. The van der Waals surface area contributed by atoms with Gasteiger partial charge in [-0.05, 0) is 186 Å². The number of benzene rings is 11. The van der Waals surface area contributed by atoms with Crippen molar-refractivity contribution < 1.29 is 0 Å². The molecule has 0 amide bonds. The molecule has 4 aliphatic carbocycles. The van der Waals surface area contributed by atoms with E-state index in [2.05, 4.69) is 306 Å². The predicted molar refractivity (Wildman–Crippen MR) is 353 cm³/mol. The van der Waals surface area contributed by atoms with E-state index in [4.69, 9.17) is 0 Å². The third-order valence-electron chi connectivity index (χ3n) is 21.2. The quantitative estimate of drug-likeness (QED) is 0.176. The van der Waals surface area contributed by atoms with E-state index in [1.807, 2.05) is 0 Å². The molecule has 0 atom stereocenters. The fraction of sp³-hybridized carbons (Fsp3) is 0.181. The second kappa shape index (κ2) is 19.0. The number of fused-ring (bicyclic) bond motifs is 19. The summed E-state index contributed by atoms with van der Waals surface area (Å²) in [5, 5.41) is 25.0. The lowest BCUT2D eigenvalue weighted by atomic mass is 9.50. The first-order valence-electron chi connectivity index (χ1n) is 31.0. The van der Waals surface area contributed by atoms with Crippen molar-refractivity contribution in [1.29, 1.82) is 10.5 Å². The zero-order valence-corrected chi connectivity index (χ0v) is 50.2. The molecule has 1 heterocycles. The number of hydrogen-bond acceptors (Lipinski definition) is 4. The number of nitrogens with zero attached hydrogens (tertiary/aromatic N) is 4. The zero-order chi connectivity index (χ0) is 59.2. The molecule has 0 saturated carbocycles. The Balaban J connectivity index is 1.06. The molecular weight excluding hydrogens is 1050 g/mol. The van der Waals surface area contributed by atoms with Gasteiger partial charge in [0.1, 0.15) is 12.1 Å². The molecule has 418 valence electrons. The van der Waals surface area contributed by atoms with Gasteiger partial charge in [-0.15, -0.1) is 0 Å². The van der Waals surface area contributed by atoms with Gasteiger partial charge >= 0.3 is 0 Å². The van der Waals surface area contributed by atoms with Crippen molar-refractivity contribution in [2.45, 2.75) is 94.3 Å². The number of nitriles is 2. The number of rotatable bonds is 4. The highest BCUT2D eigenvalue weighted by Gasteiger charge is 2.58. The van der Waals surface area contributed by atoms with E-state index in [0.29, 0.717) is 36.8 Å². The first-order chi connectivity index (χ1) is 42.4. The Hall–Kier alpha value is -10.0. The van der Waals surface area contributed by atoms with Crippen molar-refractivity contribution >= 4 is 34.1 Å². The van der Waals surface area contributed by atoms with Gasteiger partial charge in [0.05, 0.1) is 33.3 Å². The zero-order valence-electron chi connectivity index (χ0n) is 50.2. The maximum absolute atomic E-state index is 12.5. The monoisotopic (exact) mass is 1120 g/mol. The number of anilines is 6. The van der Waals surface area contributed by atoms with Gasteiger partial charge in [-0.2, -0.15) is 10.5 Å². The average molecular weight is 1120 g/mol. The fourth-order valence-electron chi connectivity index (χ4n) is 17.5. The molecule has 11 aromatic rings. The largest absolute Gasteiger partial charge is 0.310 e. The van der Waals surface area contributed by atoms with Gasteiger partial charge < -0.3 is 9.80 Å². The molecular formula is C83H66N4. The van der Waals surface area contributed by atoms with E-state index in [1.165, 1.54) is 72.6 Å². The second-order valence-corrected chi connectivity index (χ2v) is 26.3. The SMILES string of the molecule is CC1(C)c2ccccc2N(c2ccc3c(c2)CCc2c(C#N)c(C#N)c4c(c2C32c3ccccc3C(C)(C)c3ccccc32)CCc2cc(N(c3ccccc3)c3ccccc3)ccc2C42c3ccccc3C(C)(C)c3ccccc32)c2ccccc21. The summed E-state index contributed by atoms with van der Waals surface area (Å²) < 4.78 is 0. The van der Waals surface area contributed by atoms with Crippen LogP contribution in [0.1, 0.15) is 153 Å². The van der Waals surface area contributed by atoms with Gasteiger partial charge in [0.2, 0.25) is 0 Å². The molecule has 5 aliphatic rings. The summed E-state index contributed by atoms with van der Waals surface area (Å²) in [5.41, 5.74) is 25.9. The molecule has 0 aromatic heterocycles. The number of para-hydroxylation sites is 4. The highest BCUT2D eigenvalue weighted by Crippen LogP contribution is 2.65.